The van der Waals surface area contributed by atoms with E-state index >= 15 is 0 Å². The fourth-order valence-electron chi connectivity index (χ4n) is 5.10. The number of carbonyl (C=O) groups excluding carboxylic acids is 2. The Kier molecular flexibility index (Phi) is 8.11. The number of benzene rings is 2. The second-order valence-corrected chi connectivity index (χ2v) is 10.9. The molecule has 0 radical (unpaired) electrons. The fraction of sp³-hybridized carbons (Fsp3) is 0.517. The highest BCUT2D eigenvalue weighted by atomic mass is 16.2. The number of carbonyl (C=O) groups is 2. The summed E-state index contributed by atoms with van der Waals surface area (Å²) in [5, 5.41) is 3.17. The normalized spacial score (nSPS) is 19.5. The highest BCUT2D eigenvalue weighted by molar-refractivity contribution is 5.84. The number of hydrogen-bond acceptors (Lipinski definition) is 4. The van der Waals surface area contributed by atoms with Crippen LogP contribution < -0.4 is 10.2 Å². The lowest BCUT2D eigenvalue weighted by molar-refractivity contribution is -0.142. The van der Waals surface area contributed by atoms with Crippen LogP contribution in [0, 0.1) is 11.3 Å². The Hall–Kier alpha value is -2.86. The van der Waals surface area contributed by atoms with E-state index in [1.807, 2.05) is 31.7 Å². The minimum Gasteiger partial charge on any atom is -0.369 e. The number of piperazine rings is 1. The second kappa shape index (κ2) is 11.3. The predicted molar refractivity (Wildman–Crippen MR) is 141 cm³/mol. The zero-order valence-corrected chi connectivity index (χ0v) is 21.5. The van der Waals surface area contributed by atoms with Gasteiger partial charge in [0.1, 0.15) is 0 Å². The highest BCUT2D eigenvalue weighted by Crippen LogP contribution is 2.24. The van der Waals surface area contributed by atoms with Crippen molar-refractivity contribution in [2.75, 3.05) is 44.2 Å². The average Bonchev–Trinajstić information content (AvgIpc) is 2.88. The minimum absolute atomic E-state index is 0.0580. The summed E-state index contributed by atoms with van der Waals surface area (Å²) < 4.78 is 0. The Morgan fingerprint density at radius 1 is 0.886 bits per heavy atom. The molecule has 0 aliphatic carbocycles. The third kappa shape index (κ3) is 6.63. The standard InChI is InChI=1S/C29H40N4O2/c1-29(2,3)28(35)33-15-9-12-25(22-33)27(34)30-20-23-10-7-8-11-24(23)21-31-16-18-32(19-17-31)26-13-5-4-6-14-26/h4-8,10-11,13-14,25H,9,12,15-22H2,1-3H3,(H,30,34). The van der Waals surface area contributed by atoms with Crippen LogP contribution in [0.15, 0.2) is 54.6 Å². The van der Waals surface area contributed by atoms with Crippen molar-refractivity contribution in [3.8, 4) is 0 Å². The molecular weight excluding hydrogens is 436 g/mol. The average molecular weight is 477 g/mol. The van der Waals surface area contributed by atoms with Gasteiger partial charge in [0, 0.05) is 63.5 Å². The van der Waals surface area contributed by atoms with E-state index in [0.717, 1.165) is 52.1 Å². The number of likely N-dealkylation sites (tertiary alicyclic amines) is 1. The molecule has 0 aromatic heterocycles. The van der Waals surface area contributed by atoms with Gasteiger partial charge in [0.15, 0.2) is 0 Å². The Bertz CT molecular complexity index is 993. The monoisotopic (exact) mass is 476 g/mol. The van der Waals surface area contributed by atoms with Gasteiger partial charge in [0.05, 0.1) is 5.92 Å². The van der Waals surface area contributed by atoms with Crippen LogP contribution in [0.2, 0.25) is 0 Å². The molecule has 2 amide bonds. The minimum atomic E-state index is -0.413. The van der Waals surface area contributed by atoms with Gasteiger partial charge in [0.2, 0.25) is 11.8 Å². The van der Waals surface area contributed by atoms with E-state index in [-0.39, 0.29) is 17.7 Å². The van der Waals surface area contributed by atoms with E-state index in [9.17, 15) is 9.59 Å². The summed E-state index contributed by atoms with van der Waals surface area (Å²) in [5.41, 5.74) is 3.32. The number of para-hydroxylation sites is 1. The van der Waals surface area contributed by atoms with Gasteiger partial charge in [-0.2, -0.15) is 0 Å². The molecule has 6 nitrogen and oxygen atoms in total. The Labute approximate surface area is 210 Å². The molecule has 188 valence electrons. The lowest BCUT2D eigenvalue weighted by Crippen LogP contribution is -2.48. The second-order valence-electron chi connectivity index (χ2n) is 10.9. The number of rotatable bonds is 6. The molecule has 6 heteroatoms. The van der Waals surface area contributed by atoms with Crippen molar-refractivity contribution in [1.29, 1.82) is 0 Å². The Balaban J connectivity index is 1.29. The van der Waals surface area contributed by atoms with Crippen LogP contribution in [-0.2, 0) is 22.7 Å². The van der Waals surface area contributed by atoms with E-state index in [1.165, 1.54) is 16.8 Å². The van der Waals surface area contributed by atoms with E-state index in [4.69, 9.17) is 0 Å². The third-order valence-corrected chi connectivity index (χ3v) is 7.18. The van der Waals surface area contributed by atoms with Crippen molar-refractivity contribution in [3.05, 3.63) is 65.7 Å². The van der Waals surface area contributed by atoms with Gasteiger partial charge in [-0.3, -0.25) is 14.5 Å². The van der Waals surface area contributed by atoms with Crippen molar-refractivity contribution in [3.63, 3.8) is 0 Å². The van der Waals surface area contributed by atoms with Gasteiger partial charge in [-0.15, -0.1) is 0 Å². The summed E-state index contributed by atoms with van der Waals surface area (Å²) in [5.74, 6) is 0.0590. The molecule has 2 aromatic carbocycles. The van der Waals surface area contributed by atoms with Crippen LogP contribution in [0.1, 0.15) is 44.7 Å². The van der Waals surface area contributed by atoms with Crippen molar-refractivity contribution in [2.24, 2.45) is 11.3 Å². The van der Waals surface area contributed by atoms with Gasteiger partial charge in [-0.05, 0) is 36.1 Å². The SMILES string of the molecule is CC(C)(C)C(=O)N1CCCC(C(=O)NCc2ccccc2CN2CCN(c3ccccc3)CC2)C1. The molecule has 2 heterocycles. The number of nitrogens with one attached hydrogen (secondary N) is 1. The fourth-order valence-corrected chi connectivity index (χ4v) is 5.10. The molecule has 2 fully saturated rings. The quantitative estimate of drug-likeness (QED) is 0.687. The molecule has 0 saturated carbocycles. The van der Waals surface area contributed by atoms with Crippen molar-refractivity contribution in [2.45, 2.75) is 46.7 Å². The van der Waals surface area contributed by atoms with Crippen molar-refractivity contribution < 1.29 is 9.59 Å². The third-order valence-electron chi connectivity index (χ3n) is 7.18. The zero-order valence-electron chi connectivity index (χ0n) is 21.5. The summed E-state index contributed by atoms with van der Waals surface area (Å²) in [4.78, 5) is 32.5. The molecule has 4 rings (SSSR count). The van der Waals surface area contributed by atoms with Gasteiger partial charge >= 0.3 is 0 Å². The first kappa shape index (κ1) is 25.2. The van der Waals surface area contributed by atoms with E-state index in [1.54, 1.807) is 0 Å². The van der Waals surface area contributed by atoms with Gasteiger partial charge < -0.3 is 15.1 Å². The summed E-state index contributed by atoms with van der Waals surface area (Å²) in [6, 6.07) is 19.0. The van der Waals surface area contributed by atoms with Crippen LogP contribution in [0.5, 0.6) is 0 Å². The molecule has 1 N–H and O–H groups in total. The van der Waals surface area contributed by atoms with Gasteiger partial charge in [-0.25, -0.2) is 0 Å². The maximum Gasteiger partial charge on any atom is 0.227 e. The number of nitrogens with zero attached hydrogens (tertiary/aromatic N) is 3. The summed E-state index contributed by atoms with van der Waals surface area (Å²) in [6.07, 6.45) is 1.72. The number of anilines is 1. The summed E-state index contributed by atoms with van der Waals surface area (Å²) >= 11 is 0. The predicted octanol–water partition coefficient (Wildman–Crippen LogP) is 3.91. The molecule has 35 heavy (non-hydrogen) atoms. The van der Waals surface area contributed by atoms with Crippen LogP contribution in [0.4, 0.5) is 5.69 Å². The van der Waals surface area contributed by atoms with Crippen LogP contribution >= 0.6 is 0 Å². The molecule has 0 bridgehead atoms. The lowest BCUT2D eigenvalue weighted by atomic mass is 9.91. The molecule has 1 unspecified atom stereocenters. The molecular formula is C29H40N4O2. The van der Waals surface area contributed by atoms with Crippen LogP contribution in [-0.4, -0.2) is 60.9 Å². The topological polar surface area (TPSA) is 55.9 Å². The largest absolute Gasteiger partial charge is 0.369 e. The molecule has 2 aliphatic rings. The van der Waals surface area contributed by atoms with Gasteiger partial charge in [0.25, 0.3) is 0 Å². The number of amides is 2. The van der Waals surface area contributed by atoms with Crippen molar-refractivity contribution >= 4 is 17.5 Å². The summed E-state index contributed by atoms with van der Waals surface area (Å²) in [7, 11) is 0. The first-order valence-electron chi connectivity index (χ1n) is 13.0. The van der Waals surface area contributed by atoms with Crippen LogP contribution in [0.25, 0.3) is 0 Å². The molecule has 0 spiro atoms. The molecule has 2 aromatic rings. The smallest absolute Gasteiger partial charge is 0.227 e. The van der Waals surface area contributed by atoms with E-state index in [2.05, 4.69) is 63.6 Å². The van der Waals surface area contributed by atoms with Crippen LogP contribution in [0.3, 0.4) is 0 Å². The maximum absolute atomic E-state index is 13.0. The maximum atomic E-state index is 13.0. The first-order chi connectivity index (χ1) is 16.8. The van der Waals surface area contributed by atoms with E-state index < -0.39 is 5.41 Å². The summed E-state index contributed by atoms with van der Waals surface area (Å²) in [6.45, 7) is 12.6. The number of hydrogen-bond donors (Lipinski definition) is 1. The van der Waals surface area contributed by atoms with Crippen molar-refractivity contribution in [1.82, 2.24) is 15.1 Å². The Morgan fingerprint density at radius 3 is 2.23 bits per heavy atom. The zero-order chi connectivity index (χ0) is 24.8. The number of piperidine rings is 1. The molecule has 2 aliphatic heterocycles. The molecule has 1 atom stereocenters. The lowest BCUT2D eigenvalue weighted by Gasteiger charge is -2.36. The first-order valence-corrected chi connectivity index (χ1v) is 13.0. The highest BCUT2D eigenvalue weighted by Gasteiger charge is 2.33. The molecule has 2 saturated heterocycles. The Morgan fingerprint density at radius 2 is 1.54 bits per heavy atom. The van der Waals surface area contributed by atoms with E-state index in [0.29, 0.717) is 13.1 Å². The van der Waals surface area contributed by atoms with Gasteiger partial charge in [-0.1, -0.05) is 63.2 Å².